The van der Waals surface area contributed by atoms with Crippen LogP contribution in [-0.2, 0) is 4.79 Å². The molecule has 0 spiro atoms. The van der Waals surface area contributed by atoms with Crippen LogP contribution in [0.15, 0.2) is 42.5 Å². The SMILES string of the molecule is COc1ccc2c(c1)[C@H]1NC(=S)N[C@@](C)(O2)[C@@H]1C(=O)Nc1ccccc1C. The lowest BCUT2D eigenvalue weighted by Crippen LogP contribution is -2.70. The number of anilines is 1. The van der Waals surface area contributed by atoms with E-state index in [-0.39, 0.29) is 11.9 Å². The number of nitrogens with one attached hydrogen (secondary N) is 3. The summed E-state index contributed by atoms with van der Waals surface area (Å²) in [6.45, 7) is 3.81. The number of thiocarbonyl (C=S) groups is 1. The molecule has 2 bridgehead atoms. The van der Waals surface area contributed by atoms with Gasteiger partial charge in [0.25, 0.3) is 0 Å². The zero-order valence-electron chi connectivity index (χ0n) is 15.3. The molecule has 2 aromatic rings. The molecule has 0 aromatic heterocycles. The number of methoxy groups -OCH3 is 1. The van der Waals surface area contributed by atoms with E-state index >= 15 is 0 Å². The minimum absolute atomic E-state index is 0.146. The summed E-state index contributed by atoms with van der Waals surface area (Å²) in [6, 6.07) is 12.9. The summed E-state index contributed by atoms with van der Waals surface area (Å²) in [5.74, 6) is 0.715. The van der Waals surface area contributed by atoms with Crippen LogP contribution in [-0.4, -0.2) is 23.9 Å². The largest absolute Gasteiger partial charge is 0.497 e. The average molecular weight is 383 g/mol. The van der Waals surface area contributed by atoms with E-state index in [2.05, 4.69) is 16.0 Å². The minimum Gasteiger partial charge on any atom is -0.497 e. The molecule has 2 heterocycles. The molecule has 0 radical (unpaired) electrons. The van der Waals surface area contributed by atoms with E-state index in [0.29, 0.717) is 16.6 Å². The van der Waals surface area contributed by atoms with Gasteiger partial charge in [0.1, 0.15) is 17.4 Å². The Morgan fingerprint density at radius 3 is 2.81 bits per heavy atom. The fourth-order valence-corrected chi connectivity index (χ4v) is 4.10. The molecule has 1 amide bonds. The van der Waals surface area contributed by atoms with Gasteiger partial charge in [-0.15, -0.1) is 0 Å². The summed E-state index contributed by atoms with van der Waals surface area (Å²) in [7, 11) is 1.61. The normalized spacial score (nSPS) is 25.4. The van der Waals surface area contributed by atoms with Crippen molar-refractivity contribution in [1.82, 2.24) is 10.6 Å². The lowest BCUT2D eigenvalue weighted by molar-refractivity contribution is -0.132. The van der Waals surface area contributed by atoms with E-state index in [1.165, 1.54) is 0 Å². The molecule has 140 valence electrons. The zero-order chi connectivity index (χ0) is 19.2. The van der Waals surface area contributed by atoms with Gasteiger partial charge in [-0.05, 0) is 55.9 Å². The first-order valence-electron chi connectivity index (χ1n) is 8.73. The van der Waals surface area contributed by atoms with Crippen molar-refractivity contribution in [3.63, 3.8) is 0 Å². The third-order valence-corrected chi connectivity index (χ3v) is 5.35. The number of carbonyl (C=O) groups is 1. The van der Waals surface area contributed by atoms with Gasteiger partial charge in [0.15, 0.2) is 10.8 Å². The van der Waals surface area contributed by atoms with Crippen molar-refractivity contribution in [2.75, 3.05) is 12.4 Å². The molecule has 2 aromatic carbocycles. The number of para-hydroxylation sites is 1. The molecule has 2 aliphatic rings. The first-order valence-corrected chi connectivity index (χ1v) is 9.14. The second-order valence-electron chi connectivity index (χ2n) is 6.97. The molecule has 0 unspecified atom stereocenters. The predicted molar refractivity (Wildman–Crippen MR) is 107 cm³/mol. The van der Waals surface area contributed by atoms with Crippen LogP contribution >= 0.6 is 12.2 Å². The van der Waals surface area contributed by atoms with Crippen molar-refractivity contribution in [3.05, 3.63) is 53.6 Å². The standard InChI is InChI=1S/C20H21N3O3S/c1-11-6-4-5-7-14(11)21-18(24)16-17-13-10-12(25-3)8-9-15(13)26-20(16,2)23-19(27)22-17/h4-10,16-17H,1-3H3,(H,21,24)(H2,22,23,27)/t16-,17+,20-/m0/s1. The molecule has 3 atom stereocenters. The van der Waals surface area contributed by atoms with Gasteiger partial charge in [-0.25, -0.2) is 0 Å². The van der Waals surface area contributed by atoms with Gasteiger partial charge in [0.05, 0.1) is 13.2 Å². The number of ether oxygens (including phenoxy) is 2. The van der Waals surface area contributed by atoms with Gasteiger partial charge >= 0.3 is 0 Å². The maximum absolute atomic E-state index is 13.3. The Balaban J connectivity index is 1.74. The highest BCUT2D eigenvalue weighted by Gasteiger charge is 2.54. The Labute approximate surface area is 163 Å². The highest BCUT2D eigenvalue weighted by molar-refractivity contribution is 7.80. The summed E-state index contributed by atoms with van der Waals surface area (Å²) in [6.07, 6.45) is 0. The van der Waals surface area contributed by atoms with Crippen molar-refractivity contribution in [2.45, 2.75) is 25.6 Å². The highest BCUT2D eigenvalue weighted by Crippen LogP contribution is 2.46. The van der Waals surface area contributed by atoms with Crippen molar-refractivity contribution in [1.29, 1.82) is 0 Å². The molecule has 7 heteroatoms. The van der Waals surface area contributed by atoms with Gasteiger partial charge in [-0.1, -0.05) is 18.2 Å². The molecular formula is C20H21N3O3S. The maximum Gasteiger partial charge on any atom is 0.236 e. The summed E-state index contributed by atoms with van der Waals surface area (Å²) in [5.41, 5.74) is 1.67. The van der Waals surface area contributed by atoms with Crippen molar-refractivity contribution < 1.29 is 14.3 Å². The first-order chi connectivity index (χ1) is 12.9. The smallest absolute Gasteiger partial charge is 0.236 e. The maximum atomic E-state index is 13.3. The summed E-state index contributed by atoms with van der Waals surface area (Å²) >= 11 is 5.35. The second kappa shape index (κ2) is 6.42. The Bertz CT molecular complexity index is 932. The fourth-order valence-electron chi connectivity index (χ4n) is 3.77. The van der Waals surface area contributed by atoms with Crippen LogP contribution in [0, 0.1) is 12.8 Å². The van der Waals surface area contributed by atoms with Gasteiger partial charge in [0.2, 0.25) is 5.91 Å². The first kappa shape index (κ1) is 17.6. The second-order valence-corrected chi connectivity index (χ2v) is 7.38. The monoisotopic (exact) mass is 383 g/mol. The number of carbonyl (C=O) groups excluding carboxylic acids is 1. The summed E-state index contributed by atoms with van der Waals surface area (Å²) in [5, 5.41) is 9.86. The van der Waals surface area contributed by atoms with Crippen LogP contribution < -0.4 is 25.4 Å². The summed E-state index contributed by atoms with van der Waals surface area (Å²) < 4.78 is 11.6. The number of hydrogen-bond donors (Lipinski definition) is 3. The molecular weight excluding hydrogens is 362 g/mol. The van der Waals surface area contributed by atoms with Crippen LogP contribution in [0.3, 0.4) is 0 Å². The number of fused-ring (bicyclic) bond motifs is 4. The zero-order valence-corrected chi connectivity index (χ0v) is 16.1. The van der Waals surface area contributed by atoms with Crippen LogP contribution in [0.1, 0.15) is 24.1 Å². The van der Waals surface area contributed by atoms with Crippen molar-refractivity contribution in [3.8, 4) is 11.5 Å². The minimum atomic E-state index is -0.957. The van der Waals surface area contributed by atoms with Gasteiger partial charge in [-0.2, -0.15) is 0 Å². The van der Waals surface area contributed by atoms with Crippen LogP contribution in [0.5, 0.6) is 11.5 Å². The lowest BCUT2D eigenvalue weighted by Gasteiger charge is -2.50. The number of aryl methyl sites for hydroxylation is 1. The molecule has 2 aliphatic heterocycles. The predicted octanol–water partition coefficient (Wildman–Crippen LogP) is 2.89. The van der Waals surface area contributed by atoms with Gasteiger partial charge < -0.3 is 25.4 Å². The molecule has 1 saturated heterocycles. The third kappa shape index (κ3) is 2.98. The molecule has 6 nitrogen and oxygen atoms in total. The van der Waals surface area contributed by atoms with E-state index in [9.17, 15) is 4.79 Å². The van der Waals surface area contributed by atoms with Gasteiger partial charge in [-0.3, -0.25) is 4.79 Å². The molecule has 3 N–H and O–H groups in total. The number of amides is 1. The lowest BCUT2D eigenvalue weighted by atomic mass is 9.79. The Hall–Kier alpha value is -2.80. The number of benzene rings is 2. The summed E-state index contributed by atoms with van der Waals surface area (Å²) in [4.78, 5) is 13.3. The van der Waals surface area contributed by atoms with Crippen LogP contribution in [0.4, 0.5) is 5.69 Å². The van der Waals surface area contributed by atoms with E-state index < -0.39 is 11.6 Å². The fraction of sp³-hybridized carbons (Fsp3) is 0.300. The molecule has 0 saturated carbocycles. The van der Waals surface area contributed by atoms with Crippen molar-refractivity contribution >= 4 is 28.9 Å². The quantitative estimate of drug-likeness (QED) is 0.708. The van der Waals surface area contributed by atoms with E-state index in [1.54, 1.807) is 7.11 Å². The Kier molecular flexibility index (Phi) is 4.19. The van der Waals surface area contributed by atoms with Crippen LogP contribution in [0.25, 0.3) is 0 Å². The van der Waals surface area contributed by atoms with E-state index in [1.807, 2.05) is 56.3 Å². The Morgan fingerprint density at radius 1 is 1.30 bits per heavy atom. The topological polar surface area (TPSA) is 71.6 Å². The van der Waals surface area contributed by atoms with Crippen LogP contribution in [0.2, 0.25) is 0 Å². The average Bonchev–Trinajstić information content (AvgIpc) is 2.62. The molecule has 0 aliphatic carbocycles. The molecule has 1 fully saturated rings. The highest BCUT2D eigenvalue weighted by atomic mass is 32.1. The Morgan fingerprint density at radius 2 is 2.07 bits per heavy atom. The molecule has 27 heavy (non-hydrogen) atoms. The van der Waals surface area contributed by atoms with E-state index in [0.717, 1.165) is 16.8 Å². The van der Waals surface area contributed by atoms with Gasteiger partial charge in [0, 0.05) is 11.3 Å². The number of rotatable bonds is 3. The van der Waals surface area contributed by atoms with Crippen molar-refractivity contribution in [2.24, 2.45) is 5.92 Å². The third-order valence-electron chi connectivity index (χ3n) is 5.13. The number of hydrogen-bond acceptors (Lipinski definition) is 4. The molecule has 4 rings (SSSR count). The van der Waals surface area contributed by atoms with E-state index in [4.69, 9.17) is 21.7 Å².